The largest absolute Gasteiger partial charge is 1.00 e. The first kappa shape index (κ1) is 26.6. The average molecular weight is 346 g/mol. The molecule has 0 aromatic rings. The third-order valence-electron chi connectivity index (χ3n) is 3.64. The first-order chi connectivity index (χ1) is 8.47. The zero-order valence-corrected chi connectivity index (χ0v) is 17.5. The van der Waals surface area contributed by atoms with Crippen molar-refractivity contribution in [3.05, 3.63) is 17.5 Å². The molecule has 5 heteroatoms. The topological polar surface area (TPSA) is 14.1 Å². The molecule has 0 aromatic carbocycles. The second-order valence-electron chi connectivity index (χ2n) is 5.48. The molecule has 0 bridgehead atoms. The minimum absolute atomic E-state index is 0. The Morgan fingerprint density at radius 1 is 1.20 bits per heavy atom. The minimum Gasteiger partial charge on any atom is 1.00 e. The summed E-state index contributed by atoms with van der Waals surface area (Å²) < 4.78 is 0. The van der Waals surface area contributed by atoms with Crippen molar-refractivity contribution in [1.29, 1.82) is 0 Å². The fraction of sp³-hybridized carbons (Fsp3) is 0.867. The predicted molar refractivity (Wildman–Crippen MR) is 87.0 cm³/mol. The molecule has 0 aliphatic rings. The standard InChI is InChI=1S/C15H30ClGeN.2Li/c1-6-9-10-15(13-18-12-14(4)5)11-17(16,7-2)8-3;;/h4,15H,6-13H2,1-3,5H3;;/q-2;2*+1. The van der Waals surface area contributed by atoms with E-state index in [4.69, 9.17) is 16.6 Å². The van der Waals surface area contributed by atoms with E-state index in [2.05, 4.69) is 26.1 Å². The van der Waals surface area contributed by atoms with Gasteiger partial charge in [-0.25, -0.2) is 0 Å². The quantitative estimate of drug-likeness (QED) is 0.363. The molecule has 108 valence electrons. The summed E-state index contributed by atoms with van der Waals surface area (Å²) in [5, 5.41) is 8.30. The van der Waals surface area contributed by atoms with Gasteiger partial charge in [-0.3, -0.25) is 0 Å². The Hall–Kier alpha value is 1.73. The third-order valence-corrected chi connectivity index (χ3v) is 15.3. The second kappa shape index (κ2) is 15.6. The summed E-state index contributed by atoms with van der Waals surface area (Å²) in [6.45, 7) is 16.1. The summed E-state index contributed by atoms with van der Waals surface area (Å²) in [6.07, 6.45) is 3.84. The fourth-order valence-electron chi connectivity index (χ4n) is 2.23. The average Bonchev–Trinajstić information content (AvgIpc) is 2.35. The van der Waals surface area contributed by atoms with Crippen LogP contribution in [-0.4, -0.2) is 25.4 Å². The number of hydrogen-bond acceptors (Lipinski definition) is 0. The molecule has 0 fully saturated rings. The van der Waals surface area contributed by atoms with E-state index in [0.717, 1.165) is 12.1 Å². The van der Waals surface area contributed by atoms with Crippen LogP contribution in [0.15, 0.2) is 5.57 Å². The molecule has 1 nitrogen and oxygen atoms in total. The summed E-state index contributed by atoms with van der Waals surface area (Å²) in [5.41, 5.74) is 0.911. The van der Waals surface area contributed by atoms with Crippen molar-refractivity contribution < 1.29 is 37.7 Å². The Morgan fingerprint density at radius 3 is 2.15 bits per heavy atom. The SMILES string of the molecule is [CH-]=C(C)C[N-]CC(CCCC)[CH2][Ge]([Cl])([CH2]C)[CH2]C.[Li+].[Li+]. The van der Waals surface area contributed by atoms with Gasteiger partial charge < -0.3 is 0 Å². The van der Waals surface area contributed by atoms with Gasteiger partial charge in [0.1, 0.15) is 0 Å². The van der Waals surface area contributed by atoms with Crippen LogP contribution in [0.5, 0.6) is 0 Å². The van der Waals surface area contributed by atoms with Crippen LogP contribution in [0.3, 0.4) is 0 Å². The van der Waals surface area contributed by atoms with Gasteiger partial charge in [0.05, 0.1) is 0 Å². The summed E-state index contributed by atoms with van der Waals surface area (Å²) >= 11 is -2.03. The third kappa shape index (κ3) is 13.4. The molecule has 0 rings (SSSR count). The van der Waals surface area contributed by atoms with Crippen LogP contribution in [0, 0.1) is 12.5 Å². The van der Waals surface area contributed by atoms with Gasteiger partial charge in [-0.15, -0.1) is 0 Å². The molecule has 1 unspecified atom stereocenters. The molecule has 0 spiro atoms. The van der Waals surface area contributed by atoms with E-state index < -0.39 is 12.3 Å². The summed E-state index contributed by atoms with van der Waals surface area (Å²) in [7, 11) is 6.84. The zero-order valence-electron chi connectivity index (χ0n) is 14.6. The Kier molecular flexibility index (Phi) is 20.8. The van der Waals surface area contributed by atoms with Gasteiger partial charge in [-0.2, -0.15) is 0 Å². The normalized spacial score (nSPS) is 12.2. The number of nitrogens with zero attached hydrogens (tertiary/aromatic N) is 1. The molecule has 0 radical (unpaired) electrons. The van der Waals surface area contributed by atoms with E-state index in [1.54, 1.807) is 0 Å². The maximum absolute atomic E-state index is 6.84. The van der Waals surface area contributed by atoms with Crippen molar-refractivity contribution in [2.24, 2.45) is 5.92 Å². The van der Waals surface area contributed by atoms with Crippen molar-refractivity contribution in [3.63, 3.8) is 0 Å². The van der Waals surface area contributed by atoms with Crippen LogP contribution in [0.2, 0.25) is 15.8 Å². The first-order valence-electron chi connectivity index (χ1n) is 7.37. The summed E-state index contributed by atoms with van der Waals surface area (Å²) in [5.74, 6) is 0.696. The molecule has 0 aliphatic heterocycles. The van der Waals surface area contributed by atoms with E-state index in [-0.39, 0.29) is 37.7 Å². The molecule has 0 amide bonds. The van der Waals surface area contributed by atoms with Gasteiger partial charge in [0, 0.05) is 0 Å². The smallest absolute Gasteiger partial charge is 1.00 e. The number of hydrogen-bond donors (Lipinski definition) is 0. The van der Waals surface area contributed by atoms with Crippen LogP contribution < -0.4 is 37.7 Å². The van der Waals surface area contributed by atoms with E-state index in [1.807, 2.05) is 6.92 Å². The van der Waals surface area contributed by atoms with E-state index >= 15 is 0 Å². The van der Waals surface area contributed by atoms with Crippen molar-refractivity contribution in [2.45, 2.75) is 62.7 Å². The molecule has 0 aliphatic carbocycles. The monoisotopic (exact) mass is 347 g/mol. The van der Waals surface area contributed by atoms with Gasteiger partial charge >= 0.3 is 159 Å². The van der Waals surface area contributed by atoms with Crippen molar-refractivity contribution in [2.75, 3.05) is 13.1 Å². The van der Waals surface area contributed by atoms with E-state index in [9.17, 15) is 0 Å². The van der Waals surface area contributed by atoms with Crippen molar-refractivity contribution in [3.8, 4) is 0 Å². The number of unbranched alkanes of at least 4 members (excludes halogenated alkanes) is 1. The molecule has 0 aromatic heterocycles. The molecule has 0 saturated carbocycles. The summed E-state index contributed by atoms with van der Waals surface area (Å²) in [6, 6.07) is 0. The molecular formula is C15H30ClGeLi2N. The van der Waals surface area contributed by atoms with Crippen LogP contribution in [-0.2, 0) is 0 Å². The molecule has 0 N–H and O–H groups in total. The zero-order chi connectivity index (χ0) is 14.0. The van der Waals surface area contributed by atoms with Crippen LogP contribution >= 0.6 is 10.0 Å². The van der Waals surface area contributed by atoms with Gasteiger partial charge in [0.15, 0.2) is 0 Å². The fourth-order valence-corrected chi connectivity index (χ4v) is 8.49. The molecule has 1 atom stereocenters. The van der Waals surface area contributed by atoms with Gasteiger partial charge in [0.2, 0.25) is 0 Å². The Morgan fingerprint density at radius 2 is 1.75 bits per heavy atom. The second-order valence-corrected chi connectivity index (χ2v) is 18.3. The maximum atomic E-state index is 6.84. The van der Waals surface area contributed by atoms with Crippen LogP contribution in [0.25, 0.3) is 5.32 Å². The van der Waals surface area contributed by atoms with Crippen LogP contribution in [0.1, 0.15) is 47.0 Å². The van der Waals surface area contributed by atoms with Crippen LogP contribution in [0.4, 0.5) is 0 Å². The van der Waals surface area contributed by atoms with Crippen molar-refractivity contribution in [1.82, 2.24) is 0 Å². The molecule has 0 heterocycles. The van der Waals surface area contributed by atoms with Gasteiger partial charge in [0.25, 0.3) is 0 Å². The predicted octanol–water partition coefficient (Wildman–Crippen LogP) is -0.222. The summed E-state index contributed by atoms with van der Waals surface area (Å²) in [4.78, 5) is 0. The molecule has 0 saturated heterocycles. The Labute approximate surface area is 158 Å². The first-order valence-corrected chi connectivity index (χ1v) is 14.6. The van der Waals surface area contributed by atoms with Gasteiger partial charge in [-0.05, 0) is 0 Å². The number of rotatable bonds is 11. The number of halogens is 1. The Balaban J connectivity index is -0.00000144. The minimum atomic E-state index is -2.03. The van der Waals surface area contributed by atoms with Gasteiger partial charge in [-0.1, -0.05) is 0 Å². The van der Waals surface area contributed by atoms with E-state index in [0.29, 0.717) is 12.5 Å². The van der Waals surface area contributed by atoms with Crippen molar-refractivity contribution >= 4 is 22.3 Å². The Bertz CT molecular complexity index is 236. The maximum Gasteiger partial charge on any atom is 1.00 e. The molecule has 20 heavy (non-hydrogen) atoms. The molecular weight excluding hydrogens is 316 g/mol. The van der Waals surface area contributed by atoms with E-state index in [1.165, 1.54) is 35.0 Å².